The lowest BCUT2D eigenvalue weighted by Gasteiger charge is -2.39. The lowest BCUT2D eigenvalue weighted by molar-refractivity contribution is 0.0810. The lowest BCUT2D eigenvalue weighted by atomic mass is 9.74. The fourth-order valence-electron chi connectivity index (χ4n) is 5.71. The van der Waals surface area contributed by atoms with Crippen molar-refractivity contribution in [1.82, 2.24) is 9.55 Å². The van der Waals surface area contributed by atoms with Gasteiger partial charge in [-0.3, -0.25) is 0 Å². The van der Waals surface area contributed by atoms with Crippen molar-refractivity contribution in [3.63, 3.8) is 0 Å². The third-order valence-corrected chi connectivity index (χ3v) is 7.54. The number of benzene rings is 2. The Balaban J connectivity index is 1.79. The molecule has 0 bridgehead atoms. The number of hydrogen-bond acceptors (Lipinski definition) is 3. The first-order valence-electron chi connectivity index (χ1n) is 13.1. The average molecular weight is 462 g/mol. The molecule has 0 aliphatic heterocycles. The molecular formula is C30H43N3O. The van der Waals surface area contributed by atoms with Crippen LogP contribution in [-0.4, -0.2) is 20.3 Å². The highest BCUT2D eigenvalue weighted by atomic mass is 16.3. The van der Waals surface area contributed by atoms with Crippen molar-refractivity contribution < 1.29 is 5.11 Å². The van der Waals surface area contributed by atoms with Crippen molar-refractivity contribution >= 4 is 22.7 Å². The maximum absolute atomic E-state index is 10.3. The summed E-state index contributed by atoms with van der Waals surface area (Å²) in [6.07, 6.45) is 4.37. The van der Waals surface area contributed by atoms with E-state index in [4.69, 9.17) is 4.98 Å². The number of nitrogens with one attached hydrogen (secondary N) is 1. The van der Waals surface area contributed by atoms with Crippen LogP contribution in [0.25, 0.3) is 11.0 Å². The standard InChI is InChI=1S/C30H43N3O/c1-19(2)23-10-12-24(13-11-23)31-29-32-26-17-22(18-30(6,7)34)9-15-27(26)33(29)28-16-21(5)8-14-25(28)20(3)4/h9-13,15,17,19-21,25,28,34H,8,14,16,18H2,1-7H3,(H,31,32)/t21-,25+,28-/m1/s1. The van der Waals surface area contributed by atoms with Gasteiger partial charge in [-0.15, -0.1) is 0 Å². The van der Waals surface area contributed by atoms with Crippen LogP contribution in [0.15, 0.2) is 42.5 Å². The second kappa shape index (κ2) is 9.73. The predicted octanol–water partition coefficient (Wildman–Crippen LogP) is 7.85. The molecule has 0 spiro atoms. The Bertz CT molecular complexity index is 1100. The van der Waals surface area contributed by atoms with Gasteiger partial charge >= 0.3 is 0 Å². The normalized spacial score (nSPS) is 21.5. The number of hydrogen-bond donors (Lipinski definition) is 2. The second-order valence-electron chi connectivity index (χ2n) is 11.9. The molecule has 34 heavy (non-hydrogen) atoms. The van der Waals surface area contributed by atoms with E-state index in [1.165, 1.54) is 30.3 Å². The zero-order chi connectivity index (χ0) is 24.6. The van der Waals surface area contributed by atoms with Crippen LogP contribution in [-0.2, 0) is 6.42 Å². The highest BCUT2D eigenvalue weighted by molar-refractivity contribution is 5.81. The summed E-state index contributed by atoms with van der Waals surface area (Å²) in [5, 5.41) is 14.0. The van der Waals surface area contributed by atoms with Crippen molar-refractivity contribution in [2.24, 2.45) is 17.8 Å². The van der Waals surface area contributed by atoms with Gasteiger partial charge in [0.15, 0.2) is 0 Å². The molecule has 184 valence electrons. The number of nitrogens with zero attached hydrogens (tertiary/aromatic N) is 2. The first kappa shape index (κ1) is 24.8. The second-order valence-corrected chi connectivity index (χ2v) is 11.9. The number of fused-ring (bicyclic) bond motifs is 1. The summed E-state index contributed by atoms with van der Waals surface area (Å²) in [4.78, 5) is 5.12. The zero-order valence-corrected chi connectivity index (χ0v) is 22.1. The molecule has 4 heteroatoms. The van der Waals surface area contributed by atoms with Gasteiger partial charge in [0.05, 0.1) is 16.6 Å². The minimum Gasteiger partial charge on any atom is -0.390 e. The molecule has 1 aliphatic rings. The van der Waals surface area contributed by atoms with Crippen molar-refractivity contribution in [2.75, 3.05) is 5.32 Å². The van der Waals surface area contributed by atoms with Gasteiger partial charge in [0.25, 0.3) is 0 Å². The van der Waals surface area contributed by atoms with Crippen molar-refractivity contribution in [3.8, 4) is 0 Å². The molecule has 4 nitrogen and oxygen atoms in total. The first-order valence-corrected chi connectivity index (χ1v) is 13.1. The molecule has 0 radical (unpaired) electrons. The topological polar surface area (TPSA) is 50.1 Å². The zero-order valence-electron chi connectivity index (χ0n) is 22.1. The Morgan fingerprint density at radius 1 is 1.06 bits per heavy atom. The van der Waals surface area contributed by atoms with Crippen LogP contribution in [0.2, 0.25) is 0 Å². The van der Waals surface area contributed by atoms with Gasteiger partial charge in [0.2, 0.25) is 5.95 Å². The van der Waals surface area contributed by atoms with E-state index < -0.39 is 5.60 Å². The molecule has 1 heterocycles. The van der Waals surface area contributed by atoms with Crippen LogP contribution in [0, 0.1) is 17.8 Å². The molecule has 2 aromatic carbocycles. The van der Waals surface area contributed by atoms with E-state index >= 15 is 0 Å². The molecule has 0 saturated heterocycles. The van der Waals surface area contributed by atoms with Gasteiger partial charge < -0.3 is 15.0 Å². The van der Waals surface area contributed by atoms with Gasteiger partial charge in [-0.05, 0) is 85.8 Å². The summed E-state index contributed by atoms with van der Waals surface area (Å²) < 4.78 is 2.49. The highest BCUT2D eigenvalue weighted by Crippen LogP contribution is 2.44. The summed E-state index contributed by atoms with van der Waals surface area (Å²) in [6, 6.07) is 15.7. The van der Waals surface area contributed by atoms with Crippen LogP contribution >= 0.6 is 0 Å². The van der Waals surface area contributed by atoms with E-state index in [2.05, 4.69) is 87.0 Å². The Hall–Kier alpha value is -2.33. The number of imidazole rings is 1. The minimum atomic E-state index is -0.739. The fourth-order valence-corrected chi connectivity index (χ4v) is 5.71. The third-order valence-electron chi connectivity index (χ3n) is 7.54. The molecule has 1 aliphatic carbocycles. The van der Waals surface area contributed by atoms with Crippen LogP contribution in [0.1, 0.15) is 90.8 Å². The van der Waals surface area contributed by atoms with E-state index in [-0.39, 0.29) is 0 Å². The molecule has 3 atom stereocenters. The van der Waals surface area contributed by atoms with Crippen LogP contribution in [0.5, 0.6) is 0 Å². The van der Waals surface area contributed by atoms with Gasteiger partial charge in [-0.1, -0.05) is 59.2 Å². The van der Waals surface area contributed by atoms with Crippen molar-refractivity contribution in [3.05, 3.63) is 53.6 Å². The predicted molar refractivity (Wildman–Crippen MR) is 144 cm³/mol. The summed E-state index contributed by atoms with van der Waals surface area (Å²) in [5.74, 6) is 3.42. The lowest BCUT2D eigenvalue weighted by Crippen LogP contribution is -2.30. The molecule has 3 aromatic rings. The smallest absolute Gasteiger partial charge is 0.208 e. The monoisotopic (exact) mass is 461 g/mol. The third kappa shape index (κ3) is 5.49. The number of aromatic nitrogens is 2. The van der Waals surface area contributed by atoms with Crippen LogP contribution in [0.3, 0.4) is 0 Å². The van der Waals surface area contributed by atoms with Gasteiger partial charge in [0, 0.05) is 18.2 Å². The van der Waals surface area contributed by atoms with E-state index in [1.807, 2.05) is 13.8 Å². The molecule has 1 saturated carbocycles. The number of anilines is 2. The van der Waals surface area contributed by atoms with E-state index in [0.29, 0.717) is 36.1 Å². The Labute approximate surface area is 205 Å². The fraction of sp³-hybridized carbons (Fsp3) is 0.567. The molecule has 1 fully saturated rings. The highest BCUT2D eigenvalue weighted by Gasteiger charge is 2.34. The quantitative estimate of drug-likeness (QED) is 0.377. The van der Waals surface area contributed by atoms with Gasteiger partial charge in [-0.2, -0.15) is 0 Å². The average Bonchev–Trinajstić information content (AvgIpc) is 3.09. The Morgan fingerprint density at radius 3 is 2.38 bits per heavy atom. The van der Waals surface area contributed by atoms with E-state index in [9.17, 15) is 5.11 Å². The molecular weight excluding hydrogens is 418 g/mol. The van der Waals surface area contributed by atoms with Gasteiger partial charge in [0.1, 0.15) is 0 Å². The number of aliphatic hydroxyl groups is 1. The molecule has 0 amide bonds. The molecule has 2 N–H and O–H groups in total. The summed E-state index contributed by atoms with van der Waals surface area (Å²) in [5.41, 5.74) is 4.99. The molecule has 1 aromatic heterocycles. The summed E-state index contributed by atoms with van der Waals surface area (Å²) in [7, 11) is 0. The molecule has 0 unspecified atom stereocenters. The molecule has 4 rings (SSSR count). The Morgan fingerprint density at radius 2 is 1.76 bits per heavy atom. The number of rotatable bonds is 7. The largest absolute Gasteiger partial charge is 0.390 e. The Kier molecular flexibility index (Phi) is 7.09. The maximum atomic E-state index is 10.3. The van der Waals surface area contributed by atoms with Crippen molar-refractivity contribution in [1.29, 1.82) is 0 Å². The summed E-state index contributed by atoms with van der Waals surface area (Å²) >= 11 is 0. The maximum Gasteiger partial charge on any atom is 0.208 e. The van der Waals surface area contributed by atoms with Crippen LogP contribution < -0.4 is 5.32 Å². The van der Waals surface area contributed by atoms with E-state index in [1.54, 1.807) is 0 Å². The summed E-state index contributed by atoms with van der Waals surface area (Å²) in [6.45, 7) is 15.3. The van der Waals surface area contributed by atoms with E-state index in [0.717, 1.165) is 22.7 Å². The van der Waals surface area contributed by atoms with Gasteiger partial charge in [-0.25, -0.2) is 4.98 Å². The minimum absolute atomic E-state index is 0.423. The SMILES string of the molecule is CC(C)c1ccc(Nc2nc3cc(CC(C)(C)O)ccc3n2[C@@H]2C[C@H](C)CC[C@H]2C(C)C)cc1. The first-order chi connectivity index (χ1) is 16.0. The van der Waals surface area contributed by atoms with Crippen molar-refractivity contribution in [2.45, 2.75) is 91.7 Å². The van der Waals surface area contributed by atoms with Crippen LogP contribution in [0.4, 0.5) is 11.6 Å².